The zero-order valence-corrected chi connectivity index (χ0v) is 10.9. The molecule has 1 saturated heterocycles. The van der Waals surface area contributed by atoms with Crippen LogP contribution in [0, 0.1) is 5.92 Å². The van der Waals surface area contributed by atoms with E-state index in [1.54, 1.807) is 0 Å². The first-order valence-electron chi connectivity index (χ1n) is 6.88. The van der Waals surface area contributed by atoms with Crippen LogP contribution in [0.25, 0.3) is 0 Å². The number of nitrogens with zero attached hydrogens (tertiary/aromatic N) is 4. The Labute approximate surface area is 103 Å². The van der Waals surface area contributed by atoms with Crippen LogP contribution >= 0.6 is 0 Å². The highest BCUT2D eigenvalue weighted by Crippen LogP contribution is 2.28. The van der Waals surface area contributed by atoms with Gasteiger partial charge in [-0.3, -0.25) is 4.90 Å². The summed E-state index contributed by atoms with van der Waals surface area (Å²) < 4.78 is 2.14. The molecule has 1 aromatic rings. The highest BCUT2D eigenvalue weighted by Gasteiger charge is 2.27. The van der Waals surface area contributed by atoms with Crippen LogP contribution in [0.1, 0.15) is 50.3 Å². The molecule has 2 aliphatic rings. The Morgan fingerprint density at radius 2 is 2.06 bits per heavy atom. The van der Waals surface area contributed by atoms with Crippen LogP contribution in [0.5, 0.6) is 0 Å². The number of hydrogen-bond donors (Lipinski definition) is 0. The van der Waals surface area contributed by atoms with Gasteiger partial charge < -0.3 is 0 Å². The predicted octanol–water partition coefficient (Wildman–Crippen LogP) is 2.02. The molecule has 17 heavy (non-hydrogen) atoms. The molecule has 2 atom stereocenters. The highest BCUT2D eigenvalue weighted by atomic mass is 15.4. The number of aromatic nitrogens is 3. The van der Waals surface area contributed by atoms with Gasteiger partial charge in [-0.25, -0.2) is 9.67 Å². The molecule has 4 nitrogen and oxygen atoms in total. The second kappa shape index (κ2) is 4.41. The molecule has 4 heteroatoms. The van der Waals surface area contributed by atoms with Gasteiger partial charge >= 0.3 is 0 Å². The molecule has 0 bridgehead atoms. The monoisotopic (exact) mass is 234 g/mol. The van der Waals surface area contributed by atoms with Crippen molar-refractivity contribution in [2.24, 2.45) is 5.92 Å². The fourth-order valence-corrected chi connectivity index (χ4v) is 3.02. The standard InChI is InChI=1S/C13H22N4/c1-10-6-8-17-12(9-10)14-13(15-17)11-5-3-4-7-16(11)2/h10-11H,3-9H2,1-2H3. The third kappa shape index (κ3) is 2.10. The molecule has 0 spiro atoms. The Hall–Kier alpha value is -0.900. The van der Waals surface area contributed by atoms with E-state index in [0.29, 0.717) is 6.04 Å². The number of fused-ring (bicyclic) bond motifs is 1. The van der Waals surface area contributed by atoms with Crippen LogP contribution in [0.4, 0.5) is 0 Å². The number of likely N-dealkylation sites (tertiary alicyclic amines) is 1. The average Bonchev–Trinajstić information content (AvgIpc) is 2.72. The maximum atomic E-state index is 4.79. The minimum absolute atomic E-state index is 0.456. The highest BCUT2D eigenvalue weighted by molar-refractivity contribution is 5.02. The first kappa shape index (κ1) is 11.2. The zero-order chi connectivity index (χ0) is 11.8. The van der Waals surface area contributed by atoms with Crippen molar-refractivity contribution < 1.29 is 0 Å². The molecule has 2 aliphatic heterocycles. The average molecular weight is 234 g/mol. The first-order valence-corrected chi connectivity index (χ1v) is 6.88. The molecule has 0 saturated carbocycles. The quantitative estimate of drug-likeness (QED) is 0.745. The molecule has 3 rings (SSSR count). The lowest BCUT2D eigenvalue weighted by Gasteiger charge is -2.30. The van der Waals surface area contributed by atoms with E-state index in [4.69, 9.17) is 10.1 Å². The van der Waals surface area contributed by atoms with Crippen LogP contribution in [0.15, 0.2) is 0 Å². The third-order valence-electron chi connectivity index (χ3n) is 4.20. The molecule has 3 heterocycles. The second-order valence-corrected chi connectivity index (χ2v) is 5.70. The van der Waals surface area contributed by atoms with Crippen molar-refractivity contribution in [2.75, 3.05) is 13.6 Å². The van der Waals surface area contributed by atoms with E-state index in [9.17, 15) is 0 Å². The molecule has 2 unspecified atom stereocenters. The number of aryl methyl sites for hydroxylation is 1. The summed E-state index contributed by atoms with van der Waals surface area (Å²) in [6.45, 7) is 4.55. The summed E-state index contributed by atoms with van der Waals surface area (Å²) in [6, 6.07) is 0.456. The topological polar surface area (TPSA) is 34.0 Å². The van der Waals surface area contributed by atoms with E-state index in [2.05, 4.69) is 23.6 Å². The molecule has 1 fully saturated rings. The van der Waals surface area contributed by atoms with Gasteiger partial charge in [0.2, 0.25) is 0 Å². The fraction of sp³-hybridized carbons (Fsp3) is 0.846. The number of hydrogen-bond acceptors (Lipinski definition) is 3. The van der Waals surface area contributed by atoms with Gasteiger partial charge in [0.25, 0.3) is 0 Å². The first-order chi connectivity index (χ1) is 8.24. The molecule has 0 amide bonds. The van der Waals surface area contributed by atoms with Gasteiger partial charge in [-0.05, 0) is 38.8 Å². The summed E-state index contributed by atoms with van der Waals surface area (Å²) in [5.41, 5.74) is 0. The molecular weight excluding hydrogens is 212 g/mol. The largest absolute Gasteiger partial charge is 0.296 e. The summed E-state index contributed by atoms with van der Waals surface area (Å²) in [5, 5.41) is 4.72. The van der Waals surface area contributed by atoms with Gasteiger partial charge in [-0.15, -0.1) is 0 Å². The van der Waals surface area contributed by atoms with Crippen molar-refractivity contribution in [3.63, 3.8) is 0 Å². The smallest absolute Gasteiger partial charge is 0.168 e. The van der Waals surface area contributed by atoms with Crippen LogP contribution < -0.4 is 0 Å². The van der Waals surface area contributed by atoms with Crippen LogP contribution in [-0.2, 0) is 13.0 Å². The lowest BCUT2D eigenvalue weighted by Crippen LogP contribution is -2.30. The summed E-state index contributed by atoms with van der Waals surface area (Å²) >= 11 is 0. The molecular formula is C13H22N4. The normalized spacial score (nSPS) is 30.2. The predicted molar refractivity (Wildman–Crippen MR) is 66.7 cm³/mol. The third-order valence-corrected chi connectivity index (χ3v) is 4.20. The van der Waals surface area contributed by atoms with Crippen LogP contribution in [-0.4, -0.2) is 33.3 Å². The van der Waals surface area contributed by atoms with Crippen molar-refractivity contribution in [3.05, 3.63) is 11.6 Å². The fourth-order valence-electron chi connectivity index (χ4n) is 3.02. The summed E-state index contributed by atoms with van der Waals surface area (Å²) in [4.78, 5) is 7.20. The van der Waals surface area contributed by atoms with E-state index >= 15 is 0 Å². The Morgan fingerprint density at radius 1 is 1.18 bits per heavy atom. The Balaban J connectivity index is 1.84. The van der Waals surface area contributed by atoms with Crippen molar-refractivity contribution in [1.82, 2.24) is 19.7 Å². The van der Waals surface area contributed by atoms with Crippen molar-refractivity contribution >= 4 is 0 Å². The molecule has 0 aromatic carbocycles. The lowest BCUT2D eigenvalue weighted by molar-refractivity contribution is 0.179. The van der Waals surface area contributed by atoms with E-state index in [0.717, 1.165) is 24.7 Å². The number of piperidine rings is 1. The molecule has 1 aromatic heterocycles. The molecule has 0 radical (unpaired) electrons. The SMILES string of the molecule is CC1CCn2nc(C3CCCCN3C)nc2C1. The van der Waals surface area contributed by atoms with E-state index in [-0.39, 0.29) is 0 Å². The lowest BCUT2D eigenvalue weighted by atomic mass is 10.0. The molecule has 94 valence electrons. The van der Waals surface area contributed by atoms with E-state index in [1.807, 2.05) is 0 Å². The van der Waals surface area contributed by atoms with Gasteiger partial charge in [0.05, 0.1) is 6.04 Å². The van der Waals surface area contributed by atoms with Gasteiger partial charge in [-0.1, -0.05) is 13.3 Å². The maximum Gasteiger partial charge on any atom is 0.168 e. The van der Waals surface area contributed by atoms with Crippen LogP contribution in [0.3, 0.4) is 0 Å². The van der Waals surface area contributed by atoms with Crippen molar-refractivity contribution in [1.29, 1.82) is 0 Å². The van der Waals surface area contributed by atoms with Crippen molar-refractivity contribution in [2.45, 2.75) is 51.6 Å². The van der Waals surface area contributed by atoms with Gasteiger partial charge in [0.1, 0.15) is 5.82 Å². The Morgan fingerprint density at radius 3 is 2.88 bits per heavy atom. The molecule has 0 N–H and O–H groups in total. The Kier molecular flexibility index (Phi) is 2.90. The minimum Gasteiger partial charge on any atom is -0.296 e. The van der Waals surface area contributed by atoms with Crippen LogP contribution in [0.2, 0.25) is 0 Å². The zero-order valence-electron chi connectivity index (χ0n) is 10.9. The van der Waals surface area contributed by atoms with E-state index < -0.39 is 0 Å². The minimum atomic E-state index is 0.456. The summed E-state index contributed by atoms with van der Waals surface area (Å²) in [7, 11) is 2.20. The van der Waals surface area contributed by atoms with Gasteiger partial charge in [0, 0.05) is 13.0 Å². The Bertz CT molecular complexity index is 398. The maximum absolute atomic E-state index is 4.79. The van der Waals surface area contributed by atoms with Crippen molar-refractivity contribution in [3.8, 4) is 0 Å². The van der Waals surface area contributed by atoms with Gasteiger partial charge in [-0.2, -0.15) is 5.10 Å². The number of rotatable bonds is 1. The van der Waals surface area contributed by atoms with E-state index in [1.165, 1.54) is 38.1 Å². The van der Waals surface area contributed by atoms with Gasteiger partial charge in [0.15, 0.2) is 5.82 Å². The summed E-state index contributed by atoms with van der Waals surface area (Å²) in [6.07, 6.45) is 6.20. The molecule has 0 aliphatic carbocycles. The summed E-state index contributed by atoms with van der Waals surface area (Å²) in [5.74, 6) is 3.04. The second-order valence-electron chi connectivity index (χ2n) is 5.70.